The van der Waals surface area contributed by atoms with Crippen LogP contribution >= 0.6 is 11.8 Å². The molecule has 0 saturated heterocycles. The molecule has 3 aromatic heterocycles. The molecule has 1 aromatic carbocycles. The monoisotopic (exact) mass is 365 g/mol. The van der Waals surface area contributed by atoms with Gasteiger partial charge in [0.2, 0.25) is 11.7 Å². The molecule has 0 bridgehead atoms. The average molecular weight is 365 g/mol. The standard InChI is InChI=1S/C18H15N5O2S/c1-24-15-9-10-19-17(20-15)26-18-22-21-16(14-8-5-11-25-14)23(18)12-13-6-3-2-4-7-13/h2-11H,12H2,1H3. The normalized spacial score (nSPS) is 10.8. The molecule has 0 aliphatic rings. The summed E-state index contributed by atoms with van der Waals surface area (Å²) in [4.78, 5) is 8.60. The first-order valence-corrected chi connectivity index (χ1v) is 8.71. The number of nitrogens with zero attached hydrogens (tertiary/aromatic N) is 5. The Morgan fingerprint density at radius 2 is 1.96 bits per heavy atom. The van der Waals surface area contributed by atoms with E-state index in [0.717, 1.165) is 5.56 Å². The molecule has 0 saturated carbocycles. The zero-order valence-corrected chi connectivity index (χ0v) is 14.8. The summed E-state index contributed by atoms with van der Waals surface area (Å²) in [6.07, 6.45) is 3.27. The first kappa shape index (κ1) is 16.3. The summed E-state index contributed by atoms with van der Waals surface area (Å²) in [6, 6.07) is 15.5. The molecule has 0 atom stereocenters. The van der Waals surface area contributed by atoms with Crippen molar-refractivity contribution in [2.45, 2.75) is 16.9 Å². The predicted octanol–water partition coefficient (Wildman–Crippen LogP) is 3.54. The lowest BCUT2D eigenvalue weighted by atomic mass is 10.2. The highest BCUT2D eigenvalue weighted by Gasteiger charge is 2.18. The second kappa shape index (κ2) is 7.40. The van der Waals surface area contributed by atoms with Crippen molar-refractivity contribution in [1.29, 1.82) is 0 Å². The Bertz CT molecular complexity index is 986. The minimum Gasteiger partial charge on any atom is -0.481 e. The fraction of sp³-hybridized carbons (Fsp3) is 0.111. The lowest BCUT2D eigenvalue weighted by molar-refractivity contribution is 0.392. The van der Waals surface area contributed by atoms with E-state index >= 15 is 0 Å². The van der Waals surface area contributed by atoms with Gasteiger partial charge in [0.15, 0.2) is 16.1 Å². The van der Waals surface area contributed by atoms with Gasteiger partial charge in [0.05, 0.1) is 19.9 Å². The third-order valence-corrected chi connectivity index (χ3v) is 4.51. The Kier molecular flexibility index (Phi) is 4.65. The van der Waals surface area contributed by atoms with Crippen LogP contribution in [0.3, 0.4) is 0 Å². The lowest BCUT2D eigenvalue weighted by Crippen LogP contribution is -2.04. The molecule has 0 spiro atoms. The highest BCUT2D eigenvalue weighted by Crippen LogP contribution is 2.29. The van der Waals surface area contributed by atoms with Crippen molar-refractivity contribution in [3.63, 3.8) is 0 Å². The molecule has 7 nitrogen and oxygen atoms in total. The van der Waals surface area contributed by atoms with Crippen molar-refractivity contribution in [3.8, 4) is 17.5 Å². The second-order valence-corrected chi connectivity index (χ2v) is 6.27. The molecule has 130 valence electrons. The topological polar surface area (TPSA) is 78.9 Å². The van der Waals surface area contributed by atoms with Crippen LogP contribution in [-0.4, -0.2) is 31.8 Å². The molecule has 3 heterocycles. The number of benzene rings is 1. The SMILES string of the molecule is COc1ccnc(Sc2nnc(-c3ccco3)n2Cc2ccccc2)n1. The van der Waals surface area contributed by atoms with Gasteiger partial charge in [0.25, 0.3) is 0 Å². The minimum atomic E-state index is 0.503. The van der Waals surface area contributed by atoms with Crippen LogP contribution in [0.2, 0.25) is 0 Å². The van der Waals surface area contributed by atoms with Crippen molar-refractivity contribution in [3.05, 3.63) is 66.6 Å². The summed E-state index contributed by atoms with van der Waals surface area (Å²) in [7, 11) is 1.57. The van der Waals surface area contributed by atoms with E-state index in [0.29, 0.717) is 34.3 Å². The van der Waals surface area contributed by atoms with E-state index in [-0.39, 0.29) is 0 Å². The van der Waals surface area contributed by atoms with Crippen LogP contribution in [0.4, 0.5) is 0 Å². The maximum Gasteiger partial charge on any atom is 0.217 e. The fourth-order valence-electron chi connectivity index (χ4n) is 2.43. The van der Waals surface area contributed by atoms with E-state index in [4.69, 9.17) is 9.15 Å². The molecule has 26 heavy (non-hydrogen) atoms. The first-order chi connectivity index (χ1) is 12.8. The highest BCUT2D eigenvalue weighted by molar-refractivity contribution is 7.99. The molecule has 0 fully saturated rings. The van der Waals surface area contributed by atoms with Gasteiger partial charge in [-0.1, -0.05) is 30.3 Å². The van der Waals surface area contributed by atoms with Crippen LogP contribution < -0.4 is 4.74 Å². The maximum absolute atomic E-state index is 5.51. The van der Waals surface area contributed by atoms with E-state index in [9.17, 15) is 0 Å². The molecule has 8 heteroatoms. The first-order valence-electron chi connectivity index (χ1n) is 7.89. The van der Waals surface area contributed by atoms with E-state index in [2.05, 4.69) is 32.3 Å². The number of hydrogen-bond donors (Lipinski definition) is 0. The zero-order valence-electron chi connectivity index (χ0n) is 13.9. The number of aromatic nitrogens is 5. The third kappa shape index (κ3) is 3.45. The fourth-order valence-corrected chi connectivity index (χ4v) is 3.19. The second-order valence-electron chi connectivity index (χ2n) is 5.34. The minimum absolute atomic E-state index is 0.503. The van der Waals surface area contributed by atoms with Crippen molar-refractivity contribution in [2.24, 2.45) is 0 Å². The largest absolute Gasteiger partial charge is 0.481 e. The van der Waals surface area contributed by atoms with Crippen LogP contribution in [0.1, 0.15) is 5.56 Å². The average Bonchev–Trinajstić information content (AvgIpc) is 3.33. The highest BCUT2D eigenvalue weighted by atomic mass is 32.2. The van der Waals surface area contributed by atoms with E-state index in [1.165, 1.54) is 11.8 Å². The van der Waals surface area contributed by atoms with Crippen LogP contribution in [0.15, 0.2) is 75.7 Å². The Morgan fingerprint density at radius 1 is 1.08 bits per heavy atom. The summed E-state index contributed by atoms with van der Waals surface area (Å²) in [6.45, 7) is 0.607. The molecule has 0 N–H and O–H groups in total. The summed E-state index contributed by atoms with van der Waals surface area (Å²) < 4.78 is 12.7. The summed E-state index contributed by atoms with van der Waals surface area (Å²) in [5.74, 6) is 1.82. The number of hydrogen-bond acceptors (Lipinski definition) is 7. The quantitative estimate of drug-likeness (QED) is 0.484. The smallest absolute Gasteiger partial charge is 0.217 e. The van der Waals surface area contributed by atoms with E-state index in [1.54, 1.807) is 25.6 Å². The van der Waals surface area contributed by atoms with E-state index < -0.39 is 0 Å². The molecule has 0 amide bonds. The van der Waals surface area contributed by atoms with Gasteiger partial charge in [-0.3, -0.25) is 4.57 Å². The van der Waals surface area contributed by atoms with Gasteiger partial charge in [-0.05, 0) is 29.5 Å². The Labute approximate surface area is 154 Å². The number of methoxy groups -OCH3 is 1. The van der Waals surface area contributed by atoms with Crippen molar-refractivity contribution in [1.82, 2.24) is 24.7 Å². The lowest BCUT2D eigenvalue weighted by Gasteiger charge is -2.09. The Morgan fingerprint density at radius 3 is 2.73 bits per heavy atom. The van der Waals surface area contributed by atoms with Gasteiger partial charge in [-0.25, -0.2) is 4.98 Å². The van der Waals surface area contributed by atoms with Crippen LogP contribution in [0, 0.1) is 0 Å². The molecule has 0 aliphatic heterocycles. The number of ether oxygens (including phenoxy) is 1. The Hall–Kier alpha value is -3.13. The summed E-state index contributed by atoms with van der Waals surface area (Å²) in [5, 5.41) is 9.83. The van der Waals surface area contributed by atoms with Gasteiger partial charge >= 0.3 is 0 Å². The van der Waals surface area contributed by atoms with Gasteiger partial charge < -0.3 is 9.15 Å². The maximum atomic E-state index is 5.51. The summed E-state index contributed by atoms with van der Waals surface area (Å²) in [5.41, 5.74) is 1.13. The molecule has 0 unspecified atom stereocenters. The molecule has 0 aliphatic carbocycles. The van der Waals surface area contributed by atoms with Gasteiger partial charge in [-0.15, -0.1) is 10.2 Å². The zero-order chi connectivity index (χ0) is 17.8. The van der Waals surface area contributed by atoms with E-state index in [1.807, 2.05) is 34.9 Å². The molecule has 0 radical (unpaired) electrons. The van der Waals surface area contributed by atoms with Crippen LogP contribution in [0.25, 0.3) is 11.6 Å². The third-order valence-electron chi connectivity index (χ3n) is 3.64. The molecule has 4 rings (SSSR count). The van der Waals surface area contributed by atoms with Gasteiger partial charge in [0.1, 0.15) is 0 Å². The van der Waals surface area contributed by atoms with Crippen molar-refractivity contribution < 1.29 is 9.15 Å². The summed E-state index contributed by atoms with van der Waals surface area (Å²) >= 11 is 1.33. The Balaban J connectivity index is 1.71. The van der Waals surface area contributed by atoms with Crippen molar-refractivity contribution >= 4 is 11.8 Å². The molecular weight excluding hydrogens is 350 g/mol. The molecule has 4 aromatic rings. The van der Waals surface area contributed by atoms with Gasteiger partial charge in [0, 0.05) is 12.3 Å². The predicted molar refractivity (Wildman–Crippen MR) is 96.0 cm³/mol. The van der Waals surface area contributed by atoms with Crippen LogP contribution in [-0.2, 0) is 6.54 Å². The number of furan rings is 1. The van der Waals surface area contributed by atoms with Crippen LogP contribution in [0.5, 0.6) is 5.88 Å². The molecular formula is C18H15N5O2S. The number of rotatable bonds is 6. The van der Waals surface area contributed by atoms with Gasteiger partial charge in [-0.2, -0.15) is 4.98 Å². The van der Waals surface area contributed by atoms with Crippen molar-refractivity contribution in [2.75, 3.05) is 7.11 Å².